The monoisotopic (exact) mass is 340 g/mol. The normalized spacial score (nSPS) is 16.6. The van der Waals surface area contributed by atoms with Crippen molar-refractivity contribution in [2.24, 2.45) is 4.99 Å². The lowest BCUT2D eigenvalue weighted by molar-refractivity contribution is 0.624. The molecular formula is C18H14ClFN4. The lowest BCUT2D eigenvalue weighted by Gasteiger charge is -2.20. The van der Waals surface area contributed by atoms with Gasteiger partial charge in [-0.3, -0.25) is 9.56 Å². The van der Waals surface area contributed by atoms with Crippen LogP contribution in [0.25, 0.3) is 5.69 Å². The minimum atomic E-state index is -0.307. The summed E-state index contributed by atoms with van der Waals surface area (Å²) in [6.45, 7) is 1.98. The number of hydrogen-bond acceptors (Lipinski definition) is 3. The van der Waals surface area contributed by atoms with Gasteiger partial charge in [-0.15, -0.1) is 10.2 Å². The van der Waals surface area contributed by atoms with E-state index < -0.39 is 0 Å². The van der Waals surface area contributed by atoms with Crippen LogP contribution in [0, 0.1) is 5.82 Å². The number of fused-ring (bicyclic) bond motifs is 3. The molecule has 0 aliphatic carbocycles. The van der Waals surface area contributed by atoms with Crippen molar-refractivity contribution in [1.82, 2.24) is 14.8 Å². The first-order valence-electron chi connectivity index (χ1n) is 7.65. The van der Waals surface area contributed by atoms with Crippen LogP contribution < -0.4 is 0 Å². The maximum Gasteiger partial charge on any atom is 0.139 e. The summed E-state index contributed by atoms with van der Waals surface area (Å²) in [4.78, 5) is 4.76. The van der Waals surface area contributed by atoms with E-state index in [1.807, 2.05) is 23.6 Å². The van der Waals surface area contributed by atoms with Gasteiger partial charge in [0.25, 0.3) is 0 Å². The summed E-state index contributed by atoms with van der Waals surface area (Å²) in [6.07, 6.45) is 2.29. The first-order valence-corrected chi connectivity index (χ1v) is 8.03. The van der Waals surface area contributed by atoms with E-state index in [0.717, 1.165) is 17.1 Å². The molecule has 1 unspecified atom stereocenters. The average molecular weight is 341 g/mol. The third kappa shape index (κ3) is 2.51. The molecule has 3 aromatic rings. The molecular weight excluding hydrogens is 327 g/mol. The largest absolute Gasteiger partial charge is 0.285 e. The predicted octanol–water partition coefficient (Wildman–Crippen LogP) is 3.84. The van der Waals surface area contributed by atoms with Crippen molar-refractivity contribution < 1.29 is 4.39 Å². The Hall–Kier alpha value is -2.53. The number of benzene rings is 2. The summed E-state index contributed by atoms with van der Waals surface area (Å²) in [6, 6.07) is 12.1. The molecule has 6 heteroatoms. The summed E-state index contributed by atoms with van der Waals surface area (Å²) in [5.41, 5.74) is 2.66. The molecule has 1 aliphatic heterocycles. The van der Waals surface area contributed by atoms with Gasteiger partial charge in [0.1, 0.15) is 18.0 Å². The Kier molecular flexibility index (Phi) is 3.65. The molecule has 0 radical (unpaired) electrons. The van der Waals surface area contributed by atoms with E-state index in [1.54, 1.807) is 30.6 Å². The van der Waals surface area contributed by atoms with E-state index in [1.165, 1.54) is 6.07 Å². The lowest BCUT2D eigenvalue weighted by atomic mass is 9.98. The van der Waals surface area contributed by atoms with Crippen molar-refractivity contribution in [2.75, 3.05) is 0 Å². The van der Waals surface area contributed by atoms with Crippen LogP contribution >= 0.6 is 11.6 Å². The number of nitrogens with zero attached hydrogens (tertiary/aromatic N) is 4. The van der Waals surface area contributed by atoms with Crippen molar-refractivity contribution in [2.45, 2.75) is 19.4 Å². The van der Waals surface area contributed by atoms with Crippen LogP contribution in [0.5, 0.6) is 0 Å². The summed E-state index contributed by atoms with van der Waals surface area (Å²) in [7, 11) is 0. The summed E-state index contributed by atoms with van der Waals surface area (Å²) in [5.74, 6) is 0.515. The molecule has 24 heavy (non-hydrogen) atoms. The Balaban J connectivity index is 2.03. The van der Waals surface area contributed by atoms with Crippen LogP contribution in [0.3, 0.4) is 0 Å². The Morgan fingerprint density at radius 3 is 2.83 bits per heavy atom. The van der Waals surface area contributed by atoms with E-state index in [9.17, 15) is 4.39 Å². The average Bonchev–Trinajstić information content (AvgIpc) is 2.99. The van der Waals surface area contributed by atoms with Crippen molar-refractivity contribution in [3.8, 4) is 5.69 Å². The fourth-order valence-corrected chi connectivity index (χ4v) is 3.15. The Bertz CT molecular complexity index is 948. The van der Waals surface area contributed by atoms with Crippen LogP contribution in [0.4, 0.5) is 4.39 Å². The lowest BCUT2D eigenvalue weighted by Crippen LogP contribution is -2.20. The zero-order valence-electron chi connectivity index (χ0n) is 12.9. The van der Waals surface area contributed by atoms with Gasteiger partial charge in [-0.2, -0.15) is 0 Å². The second-order valence-corrected chi connectivity index (χ2v) is 6.23. The molecule has 0 bridgehead atoms. The Morgan fingerprint density at radius 2 is 2.00 bits per heavy atom. The molecule has 0 amide bonds. The van der Waals surface area contributed by atoms with E-state index in [2.05, 4.69) is 10.2 Å². The maximum absolute atomic E-state index is 14.4. The van der Waals surface area contributed by atoms with Gasteiger partial charge in [-0.25, -0.2) is 4.39 Å². The molecule has 1 atom stereocenters. The van der Waals surface area contributed by atoms with Crippen molar-refractivity contribution in [3.05, 3.63) is 76.6 Å². The van der Waals surface area contributed by atoms with E-state index in [0.29, 0.717) is 22.7 Å². The zero-order chi connectivity index (χ0) is 16.7. The molecule has 2 heterocycles. The Labute approximate surface area is 143 Å². The summed E-state index contributed by atoms with van der Waals surface area (Å²) < 4.78 is 16.3. The number of aromatic nitrogens is 3. The molecule has 4 rings (SSSR count). The highest BCUT2D eigenvalue weighted by Gasteiger charge is 2.22. The summed E-state index contributed by atoms with van der Waals surface area (Å²) in [5, 5.41) is 8.77. The molecule has 0 N–H and O–H groups in total. The van der Waals surface area contributed by atoms with Gasteiger partial charge in [0.15, 0.2) is 0 Å². The molecule has 0 spiro atoms. The van der Waals surface area contributed by atoms with Gasteiger partial charge in [0.2, 0.25) is 0 Å². The number of halogens is 2. The van der Waals surface area contributed by atoms with E-state index in [4.69, 9.17) is 16.6 Å². The molecule has 1 aliphatic rings. The number of hydrogen-bond donors (Lipinski definition) is 0. The molecule has 0 saturated carbocycles. The predicted molar refractivity (Wildman–Crippen MR) is 91.6 cm³/mol. The molecule has 4 nitrogen and oxygen atoms in total. The van der Waals surface area contributed by atoms with Gasteiger partial charge < -0.3 is 0 Å². The van der Waals surface area contributed by atoms with Crippen LogP contribution in [-0.4, -0.2) is 26.5 Å². The highest BCUT2D eigenvalue weighted by atomic mass is 35.5. The fourth-order valence-electron chi connectivity index (χ4n) is 2.98. The van der Waals surface area contributed by atoms with Crippen LogP contribution in [0.15, 0.2) is 53.8 Å². The van der Waals surface area contributed by atoms with Gasteiger partial charge in [-0.05, 0) is 37.3 Å². The van der Waals surface area contributed by atoms with Crippen molar-refractivity contribution >= 4 is 17.3 Å². The second kappa shape index (κ2) is 5.83. The SMILES string of the molecule is CC1Cc2nncn2-c2ccc(Cl)cc2C(c2ccccc2F)=N1. The highest BCUT2D eigenvalue weighted by Crippen LogP contribution is 2.27. The van der Waals surface area contributed by atoms with Gasteiger partial charge in [0, 0.05) is 22.6 Å². The molecule has 0 saturated heterocycles. The van der Waals surface area contributed by atoms with Crippen molar-refractivity contribution in [1.29, 1.82) is 0 Å². The fraction of sp³-hybridized carbons (Fsp3) is 0.167. The van der Waals surface area contributed by atoms with Crippen LogP contribution in [0.1, 0.15) is 23.9 Å². The highest BCUT2D eigenvalue weighted by molar-refractivity contribution is 6.31. The van der Waals surface area contributed by atoms with Crippen LogP contribution in [0.2, 0.25) is 5.02 Å². The molecule has 2 aromatic carbocycles. The molecule has 120 valence electrons. The van der Waals surface area contributed by atoms with Gasteiger partial charge >= 0.3 is 0 Å². The minimum absolute atomic E-state index is 0.0605. The van der Waals surface area contributed by atoms with Gasteiger partial charge in [-0.1, -0.05) is 23.7 Å². The van der Waals surface area contributed by atoms with Crippen molar-refractivity contribution in [3.63, 3.8) is 0 Å². The third-order valence-electron chi connectivity index (χ3n) is 4.05. The number of rotatable bonds is 1. The molecule has 1 aromatic heterocycles. The maximum atomic E-state index is 14.4. The smallest absolute Gasteiger partial charge is 0.139 e. The first kappa shape index (κ1) is 15.0. The second-order valence-electron chi connectivity index (χ2n) is 5.79. The third-order valence-corrected chi connectivity index (χ3v) is 4.28. The topological polar surface area (TPSA) is 43.1 Å². The minimum Gasteiger partial charge on any atom is -0.285 e. The first-order chi connectivity index (χ1) is 11.6. The van der Waals surface area contributed by atoms with Crippen LogP contribution in [-0.2, 0) is 6.42 Å². The standard InChI is InChI=1S/C18H14ClFN4/c1-11-8-17-23-21-10-24(17)16-7-6-12(19)9-14(16)18(22-11)13-4-2-3-5-15(13)20/h2-7,9-11H,8H2,1H3. The number of aliphatic imine (C=N–C) groups is 1. The van der Waals surface area contributed by atoms with E-state index >= 15 is 0 Å². The Morgan fingerprint density at radius 1 is 1.17 bits per heavy atom. The zero-order valence-corrected chi connectivity index (χ0v) is 13.7. The summed E-state index contributed by atoms with van der Waals surface area (Å²) >= 11 is 6.21. The van der Waals surface area contributed by atoms with E-state index in [-0.39, 0.29) is 11.9 Å². The quantitative estimate of drug-likeness (QED) is 0.675. The van der Waals surface area contributed by atoms with Gasteiger partial charge in [0.05, 0.1) is 17.4 Å². The molecule has 0 fully saturated rings.